The van der Waals surface area contributed by atoms with E-state index in [1.165, 1.54) is 11.1 Å². The number of rotatable bonds is 7. The fourth-order valence-corrected chi connectivity index (χ4v) is 3.65. The highest BCUT2D eigenvalue weighted by Crippen LogP contribution is 2.29. The number of carbonyl (C=O) groups is 1. The van der Waals surface area contributed by atoms with Crippen LogP contribution in [0.4, 0.5) is 11.4 Å². The van der Waals surface area contributed by atoms with Crippen LogP contribution < -0.4 is 15.4 Å². The maximum absolute atomic E-state index is 12.4. The van der Waals surface area contributed by atoms with Gasteiger partial charge in [0.2, 0.25) is 0 Å². The lowest BCUT2D eigenvalue weighted by atomic mass is 10.0. The van der Waals surface area contributed by atoms with Crippen molar-refractivity contribution in [2.24, 2.45) is 0 Å². The van der Waals surface area contributed by atoms with Crippen molar-refractivity contribution in [3.63, 3.8) is 0 Å². The standard InChI is InChI=1S/C28H28N2O2/c1-19-8-12-23(13-9-19)30-28(31)18-32-27-15-11-22-6-4-5-7-25(22)26(27)17-29-24-14-10-20(2)21(3)16-24/h4-16,29H,17-18H2,1-3H3,(H,30,31). The first-order chi connectivity index (χ1) is 15.5. The number of hydrogen-bond acceptors (Lipinski definition) is 3. The highest BCUT2D eigenvalue weighted by Gasteiger charge is 2.11. The largest absolute Gasteiger partial charge is 0.483 e. The molecule has 0 heterocycles. The van der Waals surface area contributed by atoms with Crippen LogP contribution in [0.3, 0.4) is 0 Å². The quantitative estimate of drug-likeness (QED) is 0.361. The number of nitrogens with one attached hydrogen (secondary N) is 2. The summed E-state index contributed by atoms with van der Waals surface area (Å²) in [5, 5.41) is 8.65. The number of amides is 1. The van der Waals surface area contributed by atoms with E-state index in [2.05, 4.69) is 54.8 Å². The van der Waals surface area contributed by atoms with Crippen molar-refractivity contribution in [3.05, 3.63) is 101 Å². The van der Waals surface area contributed by atoms with E-state index in [1.54, 1.807) is 0 Å². The Labute approximate surface area is 189 Å². The molecule has 0 saturated carbocycles. The molecule has 0 aliphatic carbocycles. The zero-order chi connectivity index (χ0) is 22.5. The molecule has 0 spiro atoms. The number of benzene rings is 4. The van der Waals surface area contributed by atoms with Gasteiger partial charge >= 0.3 is 0 Å². The summed E-state index contributed by atoms with van der Waals surface area (Å²) < 4.78 is 5.98. The molecular weight excluding hydrogens is 396 g/mol. The van der Waals surface area contributed by atoms with Crippen molar-refractivity contribution < 1.29 is 9.53 Å². The van der Waals surface area contributed by atoms with Gasteiger partial charge in [-0.3, -0.25) is 4.79 Å². The number of anilines is 2. The second-order valence-electron chi connectivity index (χ2n) is 8.12. The third kappa shape index (κ3) is 5.09. The highest BCUT2D eigenvalue weighted by molar-refractivity contribution is 5.92. The third-order valence-electron chi connectivity index (χ3n) is 5.67. The Morgan fingerprint density at radius 3 is 2.34 bits per heavy atom. The molecule has 0 bridgehead atoms. The van der Waals surface area contributed by atoms with Gasteiger partial charge < -0.3 is 15.4 Å². The van der Waals surface area contributed by atoms with Crippen molar-refractivity contribution in [1.82, 2.24) is 0 Å². The second kappa shape index (κ2) is 9.56. The van der Waals surface area contributed by atoms with Crippen molar-refractivity contribution in [2.45, 2.75) is 27.3 Å². The SMILES string of the molecule is Cc1ccc(NC(=O)COc2ccc3ccccc3c2CNc2ccc(C)c(C)c2)cc1. The summed E-state index contributed by atoms with van der Waals surface area (Å²) in [5.74, 6) is 0.522. The van der Waals surface area contributed by atoms with Gasteiger partial charge in [-0.05, 0) is 73.0 Å². The fourth-order valence-electron chi connectivity index (χ4n) is 3.65. The van der Waals surface area contributed by atoms with Crippen LogP contribution in [0.2, 0.25) is 0 Å². The van der Waals surface area contributed by atoms with E-state index < -0.39 is 0 Å². The van der Waals surface area contributed by atoms with E-state index in [-0.39, 0.29) is 12.5 Å². The molecule has 0 fully saturated rings. The topological polar surface area (TPSA) is 50.4 Å². The summed E-state index contributed by atoms with van der Waals surface area (Å²) in [6, 6.07) is 26.3. The van der Waals surface area contributed by atoms with Gasteiger partial charge in [0.1, 0.15) is 5.75 Å². The molecule has 0 saturated heterocycles. The lowest BCUT2D eigenvalue weighted by molar-refractivity contribution is -0.118. The Bertz CT molecular complexity index is 1250. The number of aryl methyl sites for hydroxylation is 3. The maximum atomic E-state index is 12.4. The van der Waals surface area contributed by atoms with E-state index in [4.69, 9.17) is 4.74 Å². The Balaban J connectivity index is 1.52. The summed E-state index contributed by atoms with van der Waals surface area (Å²) in [7, 11) is 0. The van der Waals surface area contributed by atoms with Crippen molar-refractivity contribution in [2.75, 3.05) is 17.2 Å². The molecule has 0 radical (unpaired) electrons. The Morgan fingerprint density at radius 1 is 0.812 bits per heavy atom. The molecule has 4 nitrogen and oxygen atoms in total. The summed E-state index contributed by atoms with van der Waals surface area (Å²) in [4.78, 5) is 12.4. The minimum absolute atomic E-state index is 0.0527. The van der Waals surface area contributed by atoms with Crippen LogP contribution in [-0.2, 0) is 11.3 Å². The van der Waals surface area contributed by atoms with Crippen molar-refractivity contribution >= 4 is 28.1 Å². The van der Waals surface area contributed by atoms with E-state index in [9.17, 15) is 4.79 Å². The number of fused-ring (bicyclic) bond motifs is 1. The lowest BCUT2D eigenvalue weighted by Crippen LogP contribution is -2.20. The minimum atomic E-state index is -0.185. The molecule has 0 unspecified atom stereocenters. The van der Waals surface area contributed by atoms with Crippen LogP contribution in [0.1, 0.15) is 22.3 Å². The van der Waals surface area contributed by atoms with Crippen molar-refractivity contribution in [3.8, 4) is 5.75 Å². The van der Waals surface area contributed by atoms with Crippen LogP contribution in [0, 0.1) is 20.8 Å². The zero-order valence-corrected chi connectivity index (χ0v) is 18.7. The highest BCUT2D eigenvalue weighted by atomic mass is 16.5. The Kier molecular flexibility index (Phi) is 6.41. The average molecular weight is 425 g/mol. The monoisotopic (exact) mass is 424 g/mol. The van der Waals surface area contributed by atoms with Gasteiger partial charge in [0.05, 0.1) is 0 Å². The lowest BCUT2D eigenvalue weighted by Gasteiger charge is -2.16. The van der Waals surface area contributed by atoms with Gasteiger partial charge in [0.15, 0.2) is 6.61 Å². The first kappa shape index (κ1) is 21.4. The smallest absolute Gasteiger partial charge is 0.262 e. The first-order valence-electron chi connectivity index (χ1n) is 10.8. The predicted octanol–water partition coefficient (Wildman–Crippen LogP) is 6.39. The molecule has 0 aliphatic rings. The third-order valence-corrected chi connectivity index (χ3v) is 5.67. The number of carbonyl (C=O) groups excluding carboxylic acids is 1. The van der Waals surface area contributed by atoms with Crippen LogP contribution >= 0.6 is 0 Å². The number of hydrogen-bond donors (Lipinski definition) is 2. The minimum Gasteiger partial charge on any atom is -0.483 e. The van der Waals surface area contributed by atoms with Crippen LogP contribution in [0.25, 0.3) is 10.8 Å². The van der Waals surface area contributed by atoms with Gasteiger partial charge in [0, 0.05) is 23.5 Å². The molecule has 0 aliphatic heterocycles. The fraction of sp³-hybridized carbons (Fsp3) is 0.179. The normalized spacial score (nSPS) is 10.7. The van der Waals surface area contributed by atoms with Gasteiger partial charge in [0.25, 0.3) is 5.91 Å². The molecule has 32 heavy (non-hydrogen) atoms. The average Bonchev–Trinajstić information content (AvgIpc) is 2.80. The van der Waals surface area contributed by atoms with Gasteiger partial charge in [-0.1, -0.05) is 54.1 Å². The summed E-state index contributed by atoms with van der Waals surface area (Å²) in [5.41, 5.74) is 6.52. The molecule has 4 rings (SSSR count). The second-order valence-corrected chi connectivity index (χ2v) is 8.12. The van der Waals surface area contributed by atoms with E-state index in [0.717, 1.165) is 33.3 Å². The molecule has 4 aromatic rings. The van der Waals surface area contributed by atoms with Gasteiger partial charge in [-0.25, -0.2) is 0 Å². The first-order valence-corrected chi connectivity index (χ1v) is 10.8. The molecule has 0 atom stereocenters. The molecule has 1 amide bonds. The summed E-state index contributed by atoms with van der Waals surface area (Å²) in [6.07, 6.45) is 0. The molecule has 2 N–H and O–H groups in total. The van der Waals surface area contributed by atoms with E-state index in [1.807, 2.05) is 55.5 Å². The molecular formula is C28H28N2O2. The van der Waals surface area contributed by atoms with E-state index in [0.29, 0.717) is 12.3 Å². The summed E-state index contributed by atoms with van der Waals surface area (Å²) >= 11 is 0. The molecule has 162 valence electrons. The van der Waals surface area contributed by atoms with Crippen LogP contribution in [0.5, 0.6) is 5.75 Å². The summed E-state index contributed by atoms with van der Waals surface area (Å²) in [6.45, 7) is 6.78. The molecule has 4 aromatic carbocycles. The van der Waals surface area contributed by atoms with Crippen LogP contribution in [-0.4, -0.2) is 12.5 Å². The van der Waals surface area contributed by atoms with E-state index >= 15 is 0 Å². The maximum Gasteiger partial charge on any atom is 0.262 e. The Hall–Kier alpha value is -3.79. The zero-order valence-electron chi connectivity index (χ0n) is 18.7. The predicted molar refractivity (Wildman–Crippen MR) is 132 cm³/mol. The van der Waals surface area contributed by atoms with Crippen molar-refractivity contribution in [1.29, 1.82) is 0 Å². The molecule has 0 aromatic heterocycles. The molecule has 4 heteroatoms. The van der Waals surface area contributed by atoms with Gasteiger partial charge in [-0.15, -0.1) is 0 Å². The number of ether oxygens (including phenoxy) is 1. The van der Waals surface area contributed by atoms with Crippen LogP contribution in [0.15, 0.2) is 78.9 Å². The Morgan fingerprint density at radius 2 is 1.56 bits per heavy atom. The van der Waals surface area contributed by atoms with Gasteiger partial charge in [-0.2, -0.15) is 0 Å².